The quantitative estimate of drug-likeness (QED) is 0.881. The fourth-order valence-corrected chi connectivity index (χ4v) is 4.21. The summed E-state index contributed by atoms with van der Waals surface area (Å²) in [6, 6.07) is 5.71. The number of hydrogen-bond donors (Lipinski definition) is 2. The molecule has 1 fully saturated rings. The second kappa shape index (κ2) is 6.49. The maximum Gasteiger partial charge on any atom is 0.321 e. The van der Waals surface area contributed by atoms with Gasteiger partial charge in [-0.15, -0.1) is 0 Å². The second-order valence-corrected chi connectivity index (χ2v) is 8.22. The van der Waals surface area contributed by atoms with Gasteiger partial charge in [0.15, 0.2) is 0 Å². The third kappa shape index (κ3) is 4.23. The zero-order valence-electron chi connectivity index (χ0n) is 13.3. The average Bonchev–Trinajstić information content (AvgIpc) is 2.93. The molecule has 0 bridgehead atoms. The monoisotopic (exact) mass is 337 g/mol. The van der Waals surface area contributed by atoms with Crippen LogP contribution in [0.25, 0.3) is 0 Å². The number of urea groups is 1. The average molecular weight is 337 g/mol. The molecule has 1 heterocycles. The van der Waals surface area contributed by atoms with Crippen LogP contribution in [0.1, 0.15) is 30.4 Å². The first-order valence-electron chi connectivity index (χ1n) is 8.06. The maximum atomic E-state index is 12.4. The number of anilines is 1. The van der Waals surface area contributed by atoms with Crippen LogP contribution in [0.2, 0.25) is 0 Å². The molecule has 1 aromatic rings. The van der Waals surface area contributed by atoms with Crippen molar-refractivity contribution >= 4 is 21.7 Å². The summed E-state index contributed by atoms with van der Waals surface area (Å²) in [5.74, 6) is 0. The minimum absolute atomic E-state index is 0.164. The standard InChI is InChI=1S/C16H23N3O3S/c1-23(21,22)18-15-6-3-9-19(11-15)16(20)17-14-8-7-12-4-2-5-13(12)10-14/h7-8,10,15,18H,2-6,9,11H2,1H3,(H,17,20). The molecule has 0 radical (unpaired) electrons. The van der Waals surface area contributed by atoms with Crippen molar-refractivity contribution in [1.29, 1.82) is 0 Å². The van der Waals surface area contributed by atoms with Crippen molar-refractivity contribution in [2.24, 2.45) is 0 Å². The molecular formula is C16H23N3O3S. The predicted octanol–water partition coefficient (Wildman–Crippen LogP) is 1.72. The number of amides is 2. The molecule has 1 saturated heterocycles. The fourth-order valence-electron chi connectivity index (χ4n) is 3.41. The molecule has 2 amide bonds. The van der Waals surface area contributed by atoms with Crippen molar-refractivity contribution in [2.75, 3.05) is 24.7 Å². The van der Waals surface area contributed by atoms with Gasteiger partial charge in [-0.3, -0.25) is 0 Å². The van der Waals surface area contributed by atoms with E-state index < -0.39 is 10.0 Å². The topological polar surface area (TPSA) is 78.5 Å². The molecule has 1 unspecified atom stereocenters. The Bertz CT molecular complexity index is 703. The molecule has 0 spiro atoms. The van der Waals surface area contributed by atoms with E-state index in [0.717, 1.165) is 37.6 Å². The fraction of sp³-hybridized carbons (Fsp3) is 0.562. The van der Waals surface area contributed by atoms with Gasteiger partial charge < -0.3 is 10.2 Å². The summed E-state index contributed by atoms with van der Waals surface area (Å²) < 4.78 is 25.3. The molecule has 23 heavy (non-hydrogen) atoms. The number of sulfonamides is 1. The zero-order valence-corrected chi connectivity index (χ0v) is 14.2. The molecule has 1 aliphatic carbocycles. The summed E-state index contributed by atoms with van der Waals surface area (Å²) in [4.78, 5) is 14.1. The normalized spacial score (nSPS) is 21.1. The van der Waals surface area contributed by atoms with Gasteiger partial charge in [-0.1, -0.05) is 6.07 Å². The Morgan fingerprint density at radius 1 is 1.22 bits per heavy atom. The molecule has 7 heteroatoms. The minimum Gasteiger partial charge on any atom is -0.323 e. The summed E-state index contributed by atoms with van der Waals surface area (Å²) in [6.07, 6.45) is 6.08. The molecule has 3 rings (SSSR count). The highest BCUT2D eigenvalue weighted by Crippen LogP contribution is 2.25. The van der Waals surface area contributed by atoms with Gasteiger partial charge in [-0.2, -0.15) is 0 Å². The van der Waals surface area contributed by atoms with E-state index in [1.54, 1.807) is 4.90 Å². The van der Waals surface area contributed by atoms with Crippen LogP contribution in [0.3, 0.4) is 0 Å². The number of likely N-dealkylation sites (tertiary alicyclic amines) is 1. The summed E-state index contributed by atoms with van der Waals surface area (Å²) in [7, 11) is -3.25. The number of fused-ring (bicyclic) bond motifs is 1. The molecule has 0 saturated carbocycles. The van der Waals surface area contributed by atoms with Crippen LogP contribution >= 0.6 is 0 Å². The first-order chi connectivity index (χ1) is 10.9. The van der Waals surface area contributed by atoms with Gasteiger partial charge in [-0.05, 0) is 55.4 Å². The van der Waals surface area contributed by atoms with E-state index in [0.29, 0.717) is 13.1 Å². The van der Waals surface area contributed by atoms with Gasteiger partial charge in [0.25, 0.3) is 0 Å². The van der Waals surface area contributed by atoms with Crippen LogP contribution in [0.4, 0.5) is 10.5 Å². The number of carbonyl (C=O) groups is 1. The van der Waals surface area contributed by atoms with Gasteiger partial charge in [0.05, 0.1) is 6.26 Å². The van der Waals surface area contributed by atoms with E-state index in [1.807, 2.05) is 6.07 Å². The van der Waals surface area contributed by atoms with Crippen LogP contribution in [0.5, 0.6) is 0 Å². The first-order valence-corrected chi connectivity index (χ1v) is 9.95. The van der Waals surface area contributed by atoms with E-state index in [-0.39, 0.29) is 12.1 Å². The Morgan fingerprint density at radius 3 is 2.78 bits per heavy atom. The highest BCUT2D eigenvalue weighted by Gasteiger charge is 2.25. The van der Waals surface area contributed by atoms with Gasteiger partial charge >= 0.3 is 6.03 Å². The largest absolute Gasteiger partial charge is 0.323 e. The van der Waals surface area contributed by atoms with Crippen molar-refractivity contribution in [2.45, 2.75) is 38.1 Å². The number of carbonyl (C=O) groups excluding carboxylic acids is 1. The van der Waals surface area contributed by atoms with Crippen molar-refractivity contribution in [3.05, 3.63) is 29.3 Å². The number of hydrogen-bond acceptors (Lipinski definition) is 3. The van der Waals surface area contributed by atoms with Crippen LogP contribution < -0.4 is 10.0 Å². The Kier molecular flexibility index (Phi) is 4.59. The highest BCUT2D eigenvalue weighted by molar-refractivity contribution is 7.88. The minimum atomic E-state index is -3.25. The van der Waals surface area contributed by atoms with Gasteiger partial charge in [0.1, 0.15) is 0 Å². The molecule has 2 aliphatic rings. The maximum absolute atomic E-state index is 12.4. The lowest BCUT2D eigenvalue weighted by Crippen LogP contribution is -2.50. The SMILES string of the molecule is CS(=O)(=O)NC1CCCN(C(=O)Nc2ccc3c(c2)CCC3)C1. The predicted molar refractivity (Wildman–Crippen MR) is 90.1 cm³/mol. The molecule has 2 N–H and O–H groups in total. The number of piperidine rings is 1. The van der Waals surface area contributed by atoms with Crippen molar-refractivity contribution in [3.8, 4) is 0 Å². The number of nitrogens with one attached hydrogen (secondary N) is 2. The van der Waals surface area contributed by atoms with Gasteiger partial charge in [0.2, 0.25) is 10.0 Å². The zero-order chi connectivity index (χ0) is 16.4. The van der Waals surface area contributed by atoms with E-state index >= 15 is 0 Å². The molecule has 0 aromatic heterocycles. The molecule has 126 valence electrons. The van der Waals surface area contributed by atoms with Crippen LogP contribution in [0.15, 0.2) is 18.2 Å². The van der Waals surface area contributed by atoms with Crippen molar-refractivity contribution in [1.82, 2.24) is 9.62 Å². The third-order valence-electron chi connectivity index (χ3n) is 4.44. The number of nitrogens with zero attached hydrogens (tertiary/aromatic N) is 1. The Balaban J connectivity index is 1.61. The summed E-state index contributed by atoms with van der Waals surface area (Å²) in [6.45, 7) is 1.06. The number of benzene rings is 1. The summed E-state index contributed by atoms with van der Waals surface area (Å²) in [5.41, 5.74) is 3.50. The number of aryl methyl sites for hydroxylation is 2. The lowest BCUT2D eigenvalue weighted by atomic mass is 10.1. The lowest BCUT2D eigenvalue weighted by Gasteiger charge is -2.32. The highest BCUT2D eigenvalue weighted by atomic mass is 32.2. The van der Waals surface area contributed by atoms with Crippen LogP contribution in [-0.2, 0) is 22.9 Å². The van der Waals surface area contributed by atoms with Gasteiger partial charge in [-0.25, -0.2) is 17.9 Å². The molecule has 1 atom stereocenters. The first kappa shape index (κ1) is 16.3. The van der Waals surface area contributed by atoms with Crippen molar-refractivity contribution in [3.63, 3.8) is 0 Å². The molecule has 6 nitrogen and oxygen atoms in total. The molecule has 1 aliphatic heterocycles. The lowest BCUT2D eigenvalue weighted by molar-refractivity contribution is 0.190. The Hall–Kier alpha value is -1.60. The van der Waals surface area contributed by atoms with E-state index in [4.69, 9.17) is 0 Å². The Morgan fingerprint density at radius 2 is 2.00 bits per heavy atom. The van der Waals surface area contributed by atoms with Crippen LogP contribution in [0, 0.1) is 0 Å². The third-order valence-corrected chi connectivity index (χ3v) is 5.20. The van der Waals surface area contributed by atoms with Crippen LogP contribution in [-0.4, -0.2) is 44.7 Å². The Labute approximate surface area is 137 Å². The van der Waals surface area contributed by atoms with E-state index in [1.165, 1.54) is 17.5 Å². The second-order valence-electron chi connectivity index (χ2n) is 6.44. The summed E-state index contributed by atoms with van der Waals surface area (Å²) >= 11 is 0. The summed E-state index contributed by atoms with van der Waals surface area (Å²) in [5, 5.41) is 2.93. The van der Waals surface area contributed by atoms with Gasteiger partial charge in [0, 0.05) is 24.8 Å². The molecular weight excluding hydrogens is 314 g/mol. The number of rotatable bonds is 3. The van der Waals surface area contributed by atoms with E-state index in [9.17, 15) is 13.2 Å². The van der Waals surface area contributed by atoms with E-state index in [2.05, 4.69) is 22.2 Å². The smallest absolute Gasteiger partial charge is 0.321 e. The molecule has 1 aromatic carbocycles. The van der Waals surface area contributed by atoms with Crippen molar-refractivity contribution < 1.29 is 13.2 Å².